The Morgan fingerprint density at radius 2 is 1.82 bits per heavy atom. The highest BCUT2D eigenvalue weighted by molar-refractivity contribution is 5.30. The van der Waals surface area contributed by atoms with E-state index in [0.717, 1.165) is 13.1 Å². The molecule has 0 radical (unpaired) electrons. The van der Waals surface area contributed by atoms with Crippen LogP contribution in [0.4, 0.5) is 0 Å². The Bertz CT molecular complexity index is 360. The summed E-state index contributed by atoms with van der Waals surface area (Å²) in [5.41, 5.74) is 4.53. The standard InChI is InChI=1S/C16H27N/c1-12-7-8-15(13(2)9-12)11-17-10-14(3)16(4,5)6/h7-9,14,17H,10-11H2,1-6H3. The van der Waals surface area contributed by atoms with Crippen LogP contribution in [0.3, 0.4) is 0 Å². The highest BCUT2D eigenvalue weighted by Gasteiger charge is 2.19. The third-order valence-corrected chi connectivity index (χ3v) is 3.74. The van der Waals surface area contributed by atoms with E-state index in [1.165, 1.54) is 16.7 Å². The lowest BCUT2D eigenvalue weighted by molar-refractivity contribution is 0.252. The minimum atomic E-state index is 0.384. The molecular weight excluding hydrogens is 206 g/mol. The molecule has 1 aromatic carbocycles. The Morgan fingerprint density at radius 3 is 2.35 bits per heavy atom. The lowest BCUT2D eigenvalue weighted by Crippen LogP contribution is -2.29. The molecule has 96 valence electrons. The van der Waals surface area contributed by atoms with Gasteiger partial charge in [0, 0.05) is 6.54 Å². The number of nitrogens with one attached hydrogen (secondary N) is 1. The van der Waals surface area contributed by atoms with Gasteiger partial charge in [-0.15, -0.1) is 0 Å². The van der Waals surface area contributed by atoms with Crippen LogP contribution in [-0.2, 0) is 6.54 Å². The van der Waals surface area contributed by atoms with Gasteiger partial charge in [-0.2, -0.15) is 0 Å². The first-order valence-electron chi connectivity index (χ1n) is 6.57. The Morgan fingerprint density at radius 1 is 1.18 bits per heavy atom. The lowest BCUT2D eigenvalue weighted by Gasteiger charge is -2.27. The summed E-state index contributed by atoms with van der Waals surface area (Å²) < 4.78 is 0. The van der Waals surface area contributed by atoms with Crippen LogP contribution >= 0.6 is 0 Å². The van der Waals surface area contributed by atoms with Gasteiger partial charge in [0.25, 0.3) is 0 Å². The van der Waals surface area contributed by atoms with E-state index in [4.69, 9.17) is 0 Å². The van der Waals surface area contributed by atoms with Gasteiger partial charge in [0.1, 0.15) is 0 Å². The molecule has 0 fully saturated rings. The molecule has 1 heteroatoms. The largest absolute Gasteiger partial charge is 0.312 e. The summed E-state index contributed by atoms with van der Waals surface area (Å²) in [4.78, 5) is 0. The topological polar surface area (TPSA) is 12.0 Å². The van der Waals surface area contributed by atoms with E-state index in [1.807, 2.05) is 0 Å². The molecule has 0 amide bonds. The van der Waals surface area contributed by atoms with Gasteiger partial charge in [0.15, 0.2) is 0 Å². The fraction of sp³-hybridized carbons (Fsp3) is 0.625. The van der Waals surface area contributed by atoms with Crippen molar-refractivity contribution in [1.82, 2.24) is 5.32 Å². The second-order valence-electron chi connectivity index (χ2n) is 6.33. The smallest absolute Gasteiger partial charge is 0.0208 e. The van der Waals surface area contributed by atoms with Crippen molar-refractivity contribution in [2.45, 2.75) is 48.1 Å². The van der Waals surface area contributed by atoms with E-state index in [-0.39, 0.29) is 0 Å². The quantitative estimate of drug-likeness (QED) is 0.826. The number of hydrogen-bond acceptors (Lipinski definition) is 1. The summed E-state index contributed by atoms with van der Waals surface area (Å²) in [6.07, 6.45) is 0. The van der Waals surface area contributed by atoms with Crippen molar-refractivity contribution in [3.05, 3.63) is 34.9 Å². The number of rotatable bonds is 4. The predicted molar refractivity (Wildman–Crippen MR) is 76.2 cm³/mol. The van der Waals surface area contributed by atoms with Crippen molar-refractivity contribution < 1.29 is 0 Å². The Hall–Kier alpha value is -0.820. The van der Waals surface area contributed by atoms with Gasteiger partial charge >= 0.3 is 0 Å². The van der Waals surface area contributed by atoms with Gasteiger partial charge in [-0.1, -0.05) is 51.5 Å². The maximum atomic E-state index is 3.57. The van der Waals surface area contributed by atoms with Gasteiger partial charge in [-0.05, 0) is 42.9 Å². The van der Waals surface area contributed by atoms with E-state index in [9.17, 15) is 0 Å². The third-order valence-electron chi connectivity index (χ3n) is 3.74. The fourth-order valence-corrected chi connectivity index (χ4v) is 1.77. The van der Waals surface area contributed by atoms with Crippen LogP contribution in [0.1, 0.15) is 44.4 Å². The number of benzene rings is 1. The summed E-state index contributed by atoms with van der Waals surface area (Å²) in [5, 5.41) is 3.57. The number of hydrogen-bond donors (Lipinski definition) is 1. The van der Waals surface area contributed by atoms with Crippen molar-refractivity contribution in [2.24, 2.45) is 11.3 Å². The van der Waals surface area contributed by atoms with E-state index in [1.54, 1.807) is 0 Å². The van der Waals surface area contributed by atoms with Crippen molar-refractivity contribution >= 4 is 0 Å². The van der Waals surface area contributed by atoms with Gasteiger partial charge < -0.3 is 5.32 Å². The van der Waals surface area contributed by atoms with Crippen molar-refractivity contribution in [3.63, 3.8) is 0 Å². The summed E-state index contributed by atoms with van der Waals surface area (Å²) in [7, 11) is 0. The van der Waals surface area contributed by atoms with Crippen LogP contribution in [0.25, 0.3) is 0 Å². The molecule has 1 unspecified atom stereocenters. The highest BCUT2D eigenvalue weighted by Crippen LogP contribution is 2.24. The molecule has 0 aliphatic rings. The van der Waals surface area contributed by atoms with E-state index in [2.05, 4.69) is 65.1 Å². The Labute approximate surface area is 107 Å². The zero-order valence-electron chi connectivity index (χ0n) is 12.2. The predicted octanol–water partition coefficient (Wildman–Crippen LogP) is 4.08. The first kappa shape index (κ1) is 14.2. The van der Waals surface area contributed by atoms with Crippen LogP contribution in [0.15, 0.2) is 18.2 Å². The van der Waals surface area contributed by atoms with Crippen LogP contribution < -0.4 is 5.32 Å². The molecule has 0 spiro atoms. The van der Waals surface area contributed by atoms with E-state index in [0.29, 0.717) is 11.3 Å². The molecule has 0 heterocycles. The fourth-order valence-electron chi connectivity index (χ4n) is 1.77. The van der Waals surface area contributed by atoms with E-state index >= 15 is 0 Å². The molecule has 0 aliphatic heterocycles. The van der Waals surface area contributed by atoms with Crippen molar-refractivity contribution in [1.29, 1.82) is 0 Å². The van der Waals surface area contributed by atoms with Crippen LogP contribution in [-0.4, -0.2) is 6.54 Å². The van der Waals surface area contributed by atoms with Crippen LogP contribution in [0, 0.1) is 25.2 Å². The van der Waals surface area contributed by atoms with Gasteiger partial charge in [-0.25, -0.2) is 0 Å². The zero-order chi connectivity index (χ0) is 13.1. The molecule has 0 saturated heterocycles. The molecule has 1 N–H and O–H groups in total. The maximum absolute atomic E-state index is 3.57. The molecule has 1 rings (SSSR count). The molecule has 17 heavy (non-hydrogen) atoms. The highest BCUT2D eigenvalue weighted by atomic mass is 14.9. The molecule has 1 atom stereocenters. The van der Waals surface area contributed by atoms with Gasteiger partial charge in [-0.3, -0.25) is 0 Å². The maximum Gasteiger partial charge on any atom is 0.0208 e. The van der Waals surface area contributed by atoms with Crippen molar-refractivity contribution in [3.8, 4) is 0 Å². The zero-order valence-corrected chi connectivity index (χ0v) is 12.2. The summed E-state index contributed by atoms with van der Waals surface area (Å²) in [6.45, 7) is 15.6. The molecule has 0 aromatic heterocycles. The molecule has 0 saturated carbocycles. The monoisotopic (exact) mass is 233 g/mol. The summed E-state index contributed by atoms with van der Waals surface area (Å²) >= 11 is 0. The number of aryl methyl sites for hydroxylation is 2. The second-order valence-corrected chi connectivity index (χ2v) is 6.33. The summed E-state index contributed by atoms with van der Waals surface area (Å²) in [6, 6.07) is 6.68. The molecule has 0 aliphatic carbocycles. The molecular formula is C16H27N. The summed E-state index contributed by atoms with van der Waals surface area (Å²) in [5.74, 6) is 0.688. The van der Waals surface area contributed by atoms with Crippen LogP contribution in [0.5, 0.6) is 0 Å². The van der Waals surface area contributed by atoms with Crippen LogP contribution in [0.2, 0.25) is 0 Å². The Balaban J connectivity index is 2.46. The normalized spacial score (nSPS) is 13.8. The average molecular weight is 233 g/mol. The first-order chi connectivity index (χ1) is 7.80. The SMILES string of the molecule is Cc1ccc(CNCC(C)C(C)(C)C)c(C)c1. The minimum Gasteiger partial charge on any atom is -0.312 e. The van der Waals surface area contributed by atoms with E-state index < -0.39 is 0 Å². The lowest BCUT2D eigenvalue weighted by atomic mass is 9.82. The second kappa shape index (κ2) is 5.68. The Kier molecular flexibility index (Phi) is 4.76. The van der Waals surface area contributed by atoms with Gasteiger partial charge in [0.05, 0.1) is 0 Å². The third kappa shape index (κ3) is 4.51. The average Bonchev–Trinajstić information content (AvgIpc) is 2.19. The molecule has 0 bridgehead atoms. The van der Waals surface area contributed by atoms with Gasteiger partial charge in [0.2, 0.25) is 0 Å². The molecule has 1 aromatic rings. The molecule has 1 nitrogen and oxygen atoms in total. The minimum absolute atomic E-state index is 0.384. The first-order valence-corrected chi connectivity index (χ1v) is 6.57. The van der Waals surface area contributed by atoms with Crippen molar-refractivity contribution in [2.75, 3.05) is 6.54 Å².